The van der Waals surface area contributed by atoms with E-state index in [2.05, 4.69) is 28.1 Å². The van der Waals surface area contributed by atoms with Crippen LogP contribution in [0, 0.1) is 0 Å². The average Bonchev–Trinajstić information content (AvgIpc) is 2.66. The molecule has 1 amide bonds. The maximum absolute atomic E-state index is 12.0. The quantitative estimate of drug-likeness (QED) is 0.830. The zero-order valence-electron chi connectivity index (χ0n) is 15.5. The van der Waals surface area contributed by atoms with Crippen molar-refractivity contribution < 1.29 is 9.90 Å². The molecule has 2 heterocycles. The zero-order chi connectivity index (χ0) is 18.5. The molecule has 0 radical (unpaired) electrons. The van der Waals surface area contributed by atoms with E-state index in [0.717, 1.165) is 12.1 Å². The number of rotatable bonds is 7. The van der Waals surface area contributed by atoms with Gasteiger partial charge in [0.05, 0.1) is 6.61 Å². The Morgan fingerprint density at radius 2 is 1.96 bits per heavy atom. The van der Waals surface area contributed by atoms with Gasteiger partial charge >= 0.3 is 0 Å². The fourth-order valence-corrected chi connectivity index (χ4v) is 4.01. The van der Waals surface area contributed by atoms with Gasteiger partial charge < -0.3 is 10.0 Å². The summed E-state index contributed by atoms with van der Waals surface area (Å²) in [7, 11) is 0. The summed E-state index contributed by atoms with van der Waals surface area (Å²) in [5.41, 5.74) is 2.34. The maximum atomic E-state index is 12.0. The van der Waals surface area contributed by atoms with Crippen molar-refractivity contribution >= 4 is 5.91 Å². The minimum absolute atomic E-state index is 0.0493. The lowest BCUT2D eigenvalue weighted by atomic mass is 9.74. The third kappa shape index (κ3) is 3.79. The van der Waals surface area contributed by atoms with Crippen LogP contribution in [0.4, 0.5) is 0 Å². The molecule has 5 heteroatoms. The molecule has 0 unspecified atom stereocenters. The Balaban J connectivity index is 1.86. The van der Waals surface area contributed by atoms with E-state index in [1.165, 1.54) is 5.56 Å². The third-order valence-electron chi connectivity index (χ3n) is 5.38. The number of hydrogen-bond acceptors (Lipinski definition) is 4. The number of pyridine rings is 1. The smallest absolute Gasteiger partial charge is 0.219 e. The van der Waals surface area contributed by atoms with Crippen molar-refractivity contribution in [2.24, 2.45) is 0 Å². The molecule has 0 aliphatic carbocycles. The number of likely N-dealkylation sites (N-methyl/N-ethyl adjacent to an activating group) is 1. The molecule has 0 saturated carbocycles. The van der Waals surface area contributed by atoms with Crippen LogP contribution < -0.4 is 0 Å². The highest BCUT2D eigenvalue weighted by atomic mass is 16.3. The van der Waals surface area contributed by atoms with Gasteiger partial charge in [0.1, 0.15) is 0 Å². The van der Waals surface area contributed by atoms with Crippen LogP contribution in [0.3, 0.4) is 0 Å². The monoisotopic (exact) mass is 353 g/mol. The molecule has 1 saturated heterocycles. The number of likely N-dealkylation sites (tertiary alicyclic amines) is 1. The molecule has 5 nitrogen and oxygen atoms in total. The maximum Gasteiger partial charge on any atom is 0.219 e. The van der Waals surface area contributed by atoms with E-state index < -0.39 is 0 Å². The fraction of sp³-hybridized carbons (Fsp3) is 0.429. The van der Waals surface area contributed by atoms with Gasteiger partial charge in [-0.2, -0.15) is 0 Å². The molecule has 1 aromatic carbocycles. The van der Waals surface area contributed by atoms with Gasteiger partial charge in [0, 0.05) is 57.0 Å². The van der Waals surface area contributed by atoms with Gasteiger partial charge in [0.25, 0.3) is 0 Å². The molecular weight excluding hydrogens is 326 g/mol. The highest BCUT2D eigenvalue weighted by molar-refractivity contribution is 5.73. The Morgan fingerprint density at radius 3 is 2.54 bits per heavy atom. The lowest BCUT2D eigenvalue weighted by molar-refractivity contribution is -0.132. The number of benzene rings is 1. The predicted octanol–water partition coefficient (Wildman–Crippen LogP) is 2.28. The van der Waals surface area contributed by atoms with E-state index >= 15 is 0 Å². The normalized spacial score (nSPS) is 22.7. The number of amides is 1. The number of hydrogen-bond donors (Lipinski definition) is 1. The minimum atomic E-state index is 0.0493. The highest BCUT2D eigenvalue weighted by Gasteiger charge is 2.49. The summed E-state index contributed by atoms with van der Waals surface area (Å²) in [5, 5.41) is 10.0. The number of aromatic nitrogens is 1. The standard InChI is InChI=1S/C21H27N3O2/c1-3-23(16(2)26)14-19-21(18-9-5-4-6-10-18)20(15-25)24(19)13-17-8-7-11-22-12-17/h4-12,19-21,25H,3,13-15H2,1-2H3/t19-,20+,21-/m1/s1. The fourth-order valence-electron chi connectivity index (χ4n) is 4.01. The van der Waals surface area contributed by atoms with Crippen LogP contribution in [0.2, 0.25) is 0 Å². The van der Waals surface area contributed by atoms with Crippen LogP contribution in [0.15, 0.2) is 54.9 Å². The van der Waals surface area contributed by atoms with Crippen molar-refractivity contribution in [3.05, 3.63) is 66.0 Å². The predicted molar refractivity (Wildman–Crippen MR) is 102 cm³/mol. The van der Waals surface area contributed by atoms with E-state index in [-0.39, 0.29) is 30.5 Å². The first-order valence-electron chi connectivity index (χ1n) is 9.21. The van der Waals surface area contributed by atoms with E-state index in [0.29, 0.717) is 13.1 Å². The van der Waals surface area contributed by atoms with Gasteiger partial charge in [0.15, 0.2) is 0 Å². The van der Waals surface area contributed by atoms with Crippen LogP contribution in [-0.4, -0.2) is 57.6 Å². The molecule has 1 N–H and O–H groups in total. The van der Waals surface area contributed by atoms with Gasteiger partial charge in [-0.1, -0.05) is 36.4 Å². The molecule has 1 aromatic heterocycles. The van der Waals surface area contributed by atoms with Crippen LogP contribution in [-0.2, 0) is 11.3 Å². The first-order valence-corrected chi connectivity index (χ1v) is 9.21. The first-order chi connectivity index (χ1) is 12.7. The number of carbonyl (C=O) groups is 1. The largest absolute Gasteiger partial charge is 0.395 e. The molecule has 0 spiro atoms. The van der Waals surface area contributed by atoms with Crippen molar-refractivity contribution in [2.45, 2.75) is 38.4 Å². The minimum Gasteiger partial charge on any atom is -0.395 e. The Morgan fingerprint density at radius 1 is 1.19 bits per heavy atom. The zero-order valence-corrected chi connectivity index (χ0v) is 15.5. The molecule has 138 valence electrons. The highest BCUT2D eigenvalue weighted by Crippen LogP contribution is 2.41. The van der Waals surface area contributed by atoms with Gasteiger partial charge in [-0.3, -0.25) is 14.7 Å². The van der Waals surface area contributed by atoms with Crippen molar-refractivity contribution in [3.63, 3.8) is 0 Å². The van der Waals surface area contributed by atoms with Crippen LogP contribution >= 0.6 is 0 Å². The molecule has 26 heavy (non-hydrogen) atoms. The number of carbonyl (C=O) groups excluding carboxylic acids is 1. The average molecular weight is 353 g/mol. The van der Waals surface area contributed by atoms with Gasteiger partial charge in [0.2, 0.25) is 5.91 Å². The van der Waals surface area contributed by atoms with Gasteiger partial charge in [-0.15, -0.1) is 0 Å². The summed E-state index contributed by atoms with van der Waals surface area (Å²) in [4.78, 5) is 20.3. The molecule has 1 aliphatic rings. The van der Waals surface area contributed by atoms with E-state index in [1.807, 2.05) is 42.3 Å². The summed E-state index contributed by atoms with van der Waals surface area (Å²) >= 11 is 0. The summed E-state index contributed by atoms with van der Waals surface area (Å²) in [6.45, 7) is 5.81. The topological polar surface area (TPSA) is 56.7 Å². The van der Waals surface area contributed by atoms with Gasteiger partial charge in [-0.05, 0) is 24.1 Å². The summed E-state index contributed by atoms with van der Waals surface area (Å²) < 4.78 is 0. The molecule has 1 fully saturated rings. The van der Waals surface area contributed by atoms with Crippen molar-refractivity contribution in [2.75, 3.05) is 19.7 Å². The van der Waals surface area contributed by atoms with E-state index in [4.69, 9.17) is 0 Å². The van der Waals surface area contributed by atoms with Crippen molar-refractivity contribution in [1.82, 2.24) is 14.8 Å². The second kappa shape index (κ2) is 8.43. The molecular formula is C21H27N3O2. The molecule has 0 bridgehead atoms. The lowest BCUT2D eigenvalue weighted by Crippen LogP contribution is -2.66. The molecule has 3 atom stereocenters. The summed E-state index contributed by atoms with van der Waals surface area (Å²) in [5.74, 6) is 0.305. The lowest BCUT2D eigenvalue weighted by Gasteiger charge is -2.56. The Kier molecular flexibility index (Phi) is 6.01. The number of nitrogens with zero attached hydrogens (tertiary/aromatic N) is 3. The van der Waals surface area contributed by atoms with Crippen LogP contribution in [0.25, 0.3) is 0 Å². The van der Waals surface area contributed by atoms with Crippen molar-refractivity contribution in [1.29, 1.82) is 0 Å². The van der Waals surface area contributed by atoms with E-state index in [1.54, 1.807) is 13.1 Å². The summed E-state index contributed by atoms with van der Waals surface area (Å²) in [6, 6.07) is 14.5. The molecule has 1 aliphatic heterocycles. The van der Waals surface area contributed by atoms with Crippen LogP contribution in [0.5, 0.6) is 0 Å². The molecule has 2 aromatic rings. The Bertz CT molecular complexity index is 708. The third-order valence-corrected chi connectivity index (χ3v) is 5.38. The SMILES string of the molecule is CCN(C[C@@H]1[C@@H](c2ccccc2)[C@H](CO)N1Cc1cccnc1)C(C)=O. The molecule has 3 rings (SSSR count). The Hall–Kier alpha value is -2.24. The second-order valence-corrected chi connectivity index (χ2v) is 6.84. The van der Waals surface area contributed by atoms with Gasteiger partial charge in [-0.25, -0.2) is 0 Å². The van der Waals surface area contributed by atoms with E-state index in [9.17, 15) is 9.90 Å². The number of aliphatic hydroxyl groups excluding tert-OH is 1. The summed E-state index contributed by atoms with van der Waals surface area (Å²) in [6.07, 6.45) is 3.63. The number of aliphatic hydroxyl groups is 1. The van der Waals surface area contributed by atoms with Crippen molar-refractivity contribution in [3.8, 4) is 0 Å². The first kappa shape index (κ1) is 18.5. The van der Waals surface area contributed by atoms with Crippen LogP contribution in [0.1, 0.15) is 30.9 Å². The Labute approximate surface area is 155 Å². The second-order valence-electron chi connectivity index (χ2n) is 6.84.